The van der Waals surface area contributed by atoms with E-state index < -0.39 is 23.3 Å². The second-order valence-electron chi connectivity index (χ2n) is 6.74. The van der Waals surface area contributed by atoms with Crippen molar-refractivity contribution in [2.75, 3.05) is 6.61 Å². The molecule has 25 heavy (non-hydrogen) atoms. The van der Waals surface area contributed by atoms with Crippen molar-refractivity contribution >= 4 is 16.9 Å². The van der Waals surface area contributed by atoms with Crippen LogP contribution in [0.2, 0.25) is 0 Å². The summed E-state index contributed by atoms with van der Waals surface area (Å²) in [4.78, 5) is 23.4. The van der Waals surface area contributed by atoms with Crippen LogP contribution in [-0.2, 0) is 16.0 Å². The molecule has 0 radical (unpaired) electrons. The van der Waals surface area contributed by atoms with Crippen molar-refractivity contribution in [1.29, 1.82) is 0 Å². The summed E-state index contributed by atoms with van der Waals surface area (Å²) in [6.45, 7) is 5.13. The van der Waals surface area contributed by atoms with Gasteiger partial charge in [-0.15, -0.1) is 0 Å². The molecule has 6 nitrogen and oxygen atoms in total. The zero-order valence-corrected chi connectivity index (χ0v) is 14.4. The van der Waals surface area contributed by atoms with Crippen molar-refractivity contribution in [3.8, 4) is 5.75 Å². The van der Waals surface area contributed by atoms with Gasteiger partial charge in [0.15, 0.2) is 0 Å². The summed E-state index contributed by atoms with van der Waals surface area (Å²) >= 11 is 0. The van der Waals surface area contributed by atoms with E-state index in [0.29, 0.717) is 23.3 Å². The highest BCUT2D eigenvalue weighted by Crippen LogP contribution is 2.37. The van der Waals surface area contributed by atoms with Crippen LogP contribution in [-0.4, -0.2) is 29.4 Å². The topological polar surface area (TPSA) is 86.0 Å². The van der Waals surface area contributed by atoms with Crippen LogP contribution in [0.15, 0.2) is 45.1 Å². The number of carbonyl (C=O) groups is 1. The lowest BCUT2D eigenvalue weighted by Gasteiger charge is -2.39. The Morgan fingerprint density at radius 2 is 2.16 bits per heavy atom. The first kappa shape index (κ1) is 17.2. The van der Waals surface area contributed by atoms with E-state index in [1.807, 2.05) is 19.9 Å². The minimum Gasteiger partial charge on any atom is -0.484 e. The molecule has 1 unspecified atom stereocenters. The third-order valence-electron chi connectivity index (χ3n) is 4.23. The first-order chi connectivity index (χ1) is 11.8. The second kappa shape index (κ2) is 6.37. The van der Waals surface area contributed by atoms with Crippen molar-refractivity contribution in [2.24, 2.45) is 0 Å². The molecule has 0 aliphatic carbocycles. The van der Waals surface area contributed by atoms with Gasteiger partial charge in [-0.1, -0.05) is 0 Å². The molecular formula is C19H20O6. The smallest absolute Gasteiger partial charge is 0.336 e. The van der Waals surface area contributed by atoms with Crippen molar-refractivity contribution in [1.82, 2.24) is 0 Å². The molecule has 0 amide bonds. The Bertz CT molecular complexity index is 906. The van der Waals surface area contributed by atoms with Gasteiger partial charge < -0.3 is 19.0 Å². The van der Waals surface area contributed by atoms with Crippen LogP contribution in [0.4, 0.5) is 0 Å². The zero-order valence-electron chi connectivity index (χ0n) is 14.4. The maximum Gasteiger partial charge on any atom is 0.336 e. The van der Waals surface area contributed by atoms with Gasteiger partial charge in [-0.3, -0.25) is 0 Å². The quantitative estimate of drug-likeness (QED) is 0.523. The lowest BCUT2D eigenvalue weighted by atomic mass is 9.90. The fraction of sp³-hybridized carbons (Fsp3) is 0.368. The van der Waals surface area contributed by atoms with Crippen molar-refractivity contribution in [3.63, 3.8) is 0 Å². The number of esters is 1. The van der Waals surface area contributed by atoms with Crippen molar-refractivity contribution < 1.29 is 23.8 Å². The van der Waals surface area contributed by atoms with Gasteiger partial charge >= 0.3 is 11.6 Å². The maximum atomic E-state index is 12.0. The molecule has 1 aliphatic rings. The molecule has 1 aliphatic heterocycles. The highest BCUT2D eigenvalue weighted by molar-refractivity contribution is 5.83. The Hall–Kier alpha value is -2.60. The zero-order chi connectivity index (χ0) is 18.2. The molecule has 0 bridgehead atoms. The molecule has 0 spiro atoms. The molecule has 2 heterocycles. The lowest BCUT2D eigenvalue weighted by Crippen LogP contribution is -2.48. The fourth-order valence-corrected chi connectivity index (χ4v) is 2.80. The molecule has 1 atom stereocenters. The summed E-state index contributed by atoms with van der Waals surface area (Å²) in [5, 5.41) is 9.79. The minimum absolute atomic E-state index is 0.195. The molecule has 6 heteroatoms. The summed E-state index contributed by atoms with van der Waals surface area (Å²) in [6.07, 6.45) is 1.28. The molecule has 0 fully saturated rings. The van der Waals surface area contributed by atoms with Crippen LogP contribution in [0, 0.1) is 0 Å². The van der Waals surface area contributed by atoms with Crippen LogP contribution >= 0.6 is 0 Å². The first-order valence-corrected chi connectivity index (χ1v) is 8.03. The molecule has 3 rings (SSSR count). The second-order valence-corrected chi connectivity index (χ2v) is 6.74. The highest BCUT2D eigenvalue weighted by atomic mass is 16.6. The van der Waals surface area contributed by atoms with Gasteiger partial charge in [0.25, 0.3) is 0 Å². The number of hydrogen-bond donors (Lipinski definition) is 1. The molecule has 1 aromatic heterocycles. The molecule has 1 aromatic carbocycles. The fourth-order valence-electron chi connectivity index (χ4n) is 2.80. The van der Waals surface area contributed by atoms with E-state index in [2.05, 4.69) is 0 Å². The summed E-state index contributed by atoms with van der Waals surface area (Å²) in [6, 6.07) is 6.62. The largest absolute Gasteiger partial charge is 0.484 e. The molecule has 1 N–H and O–H groups in total. The lowest BCUT2D eigenvalue weighted by molar-refractivity contribution is -0.155. The van der Waals surface area contributed by atoms with Crippen LogP contribution in [0.5, 0.6) is 5.75 Å². The van der Waals surface area contributed by atoms with Crippen LogP contribution < -0.4 is 10.4 Å². The number of aliphatic hydroxyl groups is 1. The number of ether oxygens (including phenoxy) is 2. The maximum absolute atomic E-state index is 12.0. The molecule has 2 aromatic rings. The van der Waals surface area contributed by atoms with Crippen molar-refractivity contribution in [2.45, 2.75) is 38.9 Å². The number of aliphatic hydroxyl groups excluding tert-OH is 1. The van der Waals surface area contributed by atoms with Gasteiger partial charge in [-0.2, -0.15) is 0 Å². The third kappa shape index (κ3) is 3.58. The van der Waals surface area contributed by atoms with E-state index in [4.69, 9.17) is 19.0 Å². The summed E-state index contributed by atoms with van der Waals surface area (Å²) in [5.41, 5.74) is 0.702. The van der Waals surface area contributed by atoms with Gasteiger partial charge in [0.2, 0.25) is 0 Å². The van der Waals surface area contributed by atoms with Gasteiger partial charge in [-0.25, -0.2) is 9.59 Å². The van der Waals surface area contributed by atoms with Crippen LogP contribution in [0.25, 0.3) is 11.0 Å². The number of rotatable bonds is 3. The number of benzene rings is 1. The van der Waals surface area contributed by atoms with Crippen LogP contribution in [0.3, 0.4) is 0 Å². The predicted octanol–water partition coefficient (Wildman–Crippen LogP) is 2.36. The Labute approximate surface area is 144 Å². The average molecular weight is 344 g/mol. The summed E-state index contributed by atoms with van der Waals surface area (Å²) < 4.78 is 16.7. The number of hydrogen-bond acceptors (Lipinski definition) is 6. The van der Waals surface area contributed by atoms with Gasteiger partial charge in [-0.05, 0) is 44.0 Å². The van der Waals surface area contributed by atoms with Gasteiger partial charge in [0.05, 0.1) is 6.61 Å². The van der Waals surface area contributed by atoms with Crippen LogP contribution in [0.1, 0.15) is 26.3 Å². The molecule has 0 saturated carbocycles. The molecule has 132 valence electrons. The van der Waals surface area contributed by atoms with Crippen molar-refractivity contribution in [3.05, 3.63) is 51.9 Å². The van der Waals surface area contributed by atoms with E-state index in [-0.39, 0.29) is 6.61 Å². The normalized spacial score (nSPS) is 19.2. The first-order valence-electron chi connectivity index (χ1n) is 8.03. The summed E-state index contributed by atoms with van der Waals surface area (Å²) in [7, 11) is 0. The van der Waals surface area contributed by atoms with E-state index >= 15 is 0 Å². The predicted molar refractivity (Wildman–Crippen MR) is 91.6 cm³/mol. The Morgan fingerprint density at radius 3 is 2.88 bits per heavy atom. The number of carbonyl (C=O) groups excluding carboxylic acids is 1. The monoisotopic (exact) mass is 344 g/mol. The van der Waals surface area contributed by atoms with Gasteiger partial charge in [0, 0.05) is 30.0 Å². The van der Waals surface area contributed by atoms with E-state index in [1.165, 1.54) is 12.1 Å². The third-order valence-corrected chi connectivity index (χ3v) is 4.23. The Balaban J connectivity index is 1.92. The SMILES string of the molecule is CC(=CC(=O)OC1Cc2cc3ccc(=O)oc3cc2OC1(C)C)CO. The van der Waals surface area contributed by atoms with E-state index in [0.717, 1.165) is 10.9 Å². The Kier molecular flexibility index (Phi) is 4.39. The Morgan fingerprint density at radius 1 is 1.40 bits per heavy atom. The highest BCUT2D eigenvalue weighted by Gasteiger charge is 2.39. The molecule has 0 saturated heterocycles. The van der Waals surface area contributed by atoms with Gasteiger partial charge in [0.1, 0.15) is 23.0 Å². The van der Waals surface area contributed by atoms with E-state index in [1.54, 1.807) is 19.1 Å². The standard InChI is InChI=1S/C19H20O6/c1-11(10-20)6-18(22)24-16-8-13-7-12-4-5-17(21)23-14(12)9-15(13)25-19(16,2)3/h4-7,9,16,20H,8,10H2,1-3H3. The average Bonchev–Trinajstić information content (AvgIpc) is 2.53. The summed E-state index contributed by atoms with van der Waals surface area (Å²) in [5.74, 6) is 0.102. The molecular weight excluding hydrogens is 324 g/mol. The number of fused-ring (bicyclic) bond motifs is 2. The van der Waals surface area contributed by atoms with E-state index in [9.17, 15) is 9.59 Å². The minimum atomic E-state index is -0.744.